The molecule has 0 radical (unpaired) electrons. The van der Waals surface area contributed by atoms with Crippen molar-refractivity contribution in [2.45, 2.75) is 39.2 Å². The minimum Gasteiger partial charge on any atom is -0.379 e. The zero-order valence-corrected chi connectivity index (χ0v) is 13.6. The van der Waals surface area contributed by atoms with Gasteiger partial charge in [0.15, 0.2) is 0 Å². The van der Waals surface area contributed by atoms with Gasteiger partial charge in [-0.15, -0.1) is 0 Å². The van der Waals surface area contributed by atoms with Crippen LogP contribution in [0.3, 0.4) is 0 Å². The Balaban J connectivity index is 1.51. The number of morpholine rings is 1. The van der Waals surface area contributed by atoms with Crippen LogP contribution >= 0.6 is 0 Å². The maximum atomic E-state index is 12.3. The largest absolute Gasteiger partial charge is 0.379 e. The number of ketones is 1. The van der Waals surface area contributed by atoms with Crippen molar-refractivity contribution in [3.63, 3.8) is 0 Å². The van der Waals surface area contributed by atoms with Crippen molar-refractivity contribution in [2.75, 3.05) is 45.9 Å². The predicted octanol–water partition coefficient (Wildman–Crippen LogP) is 1.64. The van der Waals surface area contributed by atoms with Crippen LogP contribution in [-0.2, 0) is 9.53 Å². The van der Waals surface area contributed by atoms with Crippen LogP contribution in [0.2, 0.25) is 0 Å². The number of hydrogen-bond acceptors (Lipinski definition) is 4. The van der Waals surface area contributed by atoms with Crippen LogP contribution in [0.15, 0.2) is 0 Å². The second-order valence-corrected chi connectivity index (χ2v) is 7.45. The molecule has 4 heteroatoms. The van der Waals surface area contributed by atoms with Crippen molar-refractivity contribution in [2.24, 2.45) is 17.8 Å². The zero-order chi connectivity index (χ0) is 14.8. The summed E-state index contributed by atoms with van der Waals surface area (Å²) in [6, 6.07) is 0.682. The van der Waals surface area contributed by atoms with E-state index in [4.69, 9.17) is 4.74 Å². The lowest BCUT2D eigenvalue weighted by atomic mass is 9.74. The summed E-state index contributed by atoms with van der Waals surface area (Å²) in [4.78, 5) is 17.5. The molecule has 3 rings (SSSR count). The Kier molecular flexibility index (Phi) is 4.97. The molecule has 4 unspecified atom stereocenters. The summed E-state index contributed by atoms with van der Waals surface area (Å²) in [6.45, 7) is 11.7. The van der Waals surface area contributed by atoms with Gasteiger partial charge in [0.2, 0.25) is 0 Å². The highest BCUT2D eigenvalue weighted by Gasteiger charge is 2.36. The summed E-state index contributed by atoms with van der Waals surface area (Å²) in [5.41, 5.74) is 0. The fourth-order valence-corrected chi connectivity index (χ4v) is 4.47. The number of rotatable bonds is 3. The number of Topliss-reactive ketones (excluding diaryl/α,β-unsaturated/α-hetero) is 1. The number of likely N-dealkylation sites (tertiary alicyclic amines) is 1. The molecule has 4 atom stereocenters. The van der Waals surface area contributed by atoms with Gasteiger partial charge in [-0.1, -0.05) is 13.8 Å². The molecule has 1 saturated carbocycles. The molecule has 3 fully saturated rings. The number of carbonyl (C=O) groups excluding carboxylic acids is 1. The van der Waals surface area contributed by atoms with Crippen molar-refractivity contribution < 1.29 is 9.53 Å². The molecule has 3 aliphatic rings. The molecular weight excluding hydrogens is 264 g/mol. The number of carbonyl (C=O) groups is 1. The summed E-state index contributed by atoms with van der Waals surface area (Å²) in [6.07, 6.45) is 3.28. The van der Waals surface area contributed by atoms with E-state index in [0.29, 0.717) is 23.7 Å². The molecule has 21 heavy (non-hydrogen) atoms. The minimum absolute atomic E-state index is 0.282. The first-order valence-electron chi connectivity index (χ1n) is 8.70. The maximum Gasteiger partial charge on any atom is 0.137 e. The molecule has 4 nitrogen and oxygen atoms in total. The summed E-state index contributed by atoms with van der Waals surface area (Å²) in [5, 5.41) is 0. The highest BCUT2D eigenvalue weighted by atomic mass is 16.5. The molecule has 0 spiro atoms. The quantitative estimate of drug-likeness (QED) is 0.792. The van der Waals surface area contributed by atoms with Crippen LogP contribution in [-0.4, -0.2) is 67.6 Å². The number of ether oxygens (including phenoxy) is 1. The van der Waals surface area contributed by atoms with Crippen LogP contribution in [0.5, 0.6) is 0 Å². The average Bonchev–Trinajstić information content (AvgIpc) is 2.92. The van der Waals surface area contributed by atoms with Gasteiger partial charge >= 0.3 is 0 Å². The Labute approximate surface area is 128 Å². The van der Waals surface area contributed by atoms with Crippen molar-refractivity contribution in [3.8, 4) is 0 Å². The van der Waals surface area contributed by atoms with Crippen molar-refractivity contribution in [3.05, 3.63) is 0 Å². The Bertz CT molecular complexity index is 368. The number of hydrogen-bond donors (Lipinski definition) is 0. The van der Waals surface area contributed by atoms with E-state index in [-0.39, 0.29) is 5.92 Å². The predicted molar refractivity (Wildman–Crippen MR) is 83.3 cm³/mol. The normalized spacial score (nSPS) is 39.8. The van der Waals surface area contributed by atoms with Crippen LogP contribution < -0.4 is 0 Å². The van der Waals surface area contributed by atoms with E-state index in [1.807, 2.05) is 0 Å². The highest BCUT2D eigenvalue weighted by molar-refractivity contribution is 5.82. The SMILES string of the molecule is CC1CC(=O)C(CN2CCC(N3CCOCC3)C2)C(C)C1. The number of nitrogens with zero attached hydrogens (tertiary/aromatic N) is 2. The minimum atomic E-state index is 0.282. The van der Waals surface area contributed by atoms with E-state index in [0.717, 1.165) is 52.4 Å². The van der Waals surface area contributed by atoms with Gasteiger partial charge in [-0.25, -0.2) is 0 Å². The molecule has 2 saturated heterocycles. The molecule has 120 valence electrons. The topological polar surface area (TPSA) is 32.8 Å². The van der Waals surface area contributed by atoms with E-state index < -0.39 is 0 Å². The molecule has 2 aliphatic heterocycles. The fraction of sp³-hybridized carbons (Fsp3) is 0.941. The molecule has 0 amide bonds. The van der Waals surface area contributed by atoms with Crippen molar-refractivity contribution in [1.29, 1.82) is 0 Å². The lowest BCUT2D eigenvalue weighted by molar-refractivity contribution is -0.128. The molecule has 0 aromatic carbocycles. The van der Waals surface area contributed by atoms with Crippen LogP contribution in [0.4, 0.5) is 0 Å². The first kappa shape index (κ1) is 15.4. The standard InChI is InChI=1S/C17H30N2O2/c1-13-9-14(2)16(17(20)10-13)12-18-4-3-15(11-18)19-5-7-21-8-6-19/h13-16H,3-12H2,1-2H3. The Hall–Kier alpha value is -0.450. The van der Waals surface area contributed by atoms with Gasteiger partial charge in [-0.3, -0.25) is 9.69 Å². The van der Waals surface area contributed by atoms with Gasteiger partial charge in [-0.2, -0.15) is 0 Å². The van der Waals surface area contributed by atoms with Gasteiger partial charge in [0, 0.05) is 44.6 Å². The van der Waals surface area contributed by atoms with E-state index in [2.05, 4.69) is 23.6 Å². The Morgan fingerprint density at radius 1 is 1.19 bits per heavy atom. The Morgan fingerprint density at radius 3 is 2.67 bits per heavy atom. The molecule has 2 heterocycles. The average molecular weight is 294 g/mol. The van der Waals surface area contributed by atoms with Gasteiger partial charge in [0.25, 0.3) is 0 Å². The van der Waals surface area contributed by atoms with Gasteiger partial charge < -0.3 is 9.64 Å². The third-order valence-corrected chi connectivity index (χ3v) is 5.69. The third kappa shape index (κ3) is 3.66. The van der Waals surface area contributed by atoms with Gasteiger partial charge in [0.1, 0.15) is 5.78 Å². The van der Waals surface area contributed by atoms with E-state index in [1.165, 1.54) is 12.8 Å². The summed E-state index contributed by atoms with van der Waals surface area (Å²) in [5.74, 6) is 1.94. The zero-order valence-electron chi connectivity index (χ0n) is 13.6. The van der Waals surface area contributed by atoms with Crippen LogP contribution in [0.1, 0.15) is 33.1 Å². The molecule has 0 aromatic rings. The van der Waals surface area contributed by atoms with E-state index >= 15 is 0 Å². The lowest BCUT2D eigenvalue weighted by Crippen LogP contribution is -2.45. The summed E-state index contributed by atoms with van der Waals surface area (Å²) >= 11 is 0. The molecule has 0 bridgehead atoms. The third-order valence-electron chi connectivity index (χ3n) is 5.69. The first-order chi connectivity index (χ1) is 10.1. The molecule has 0 N–H and O–H groups in total. The molecular formula is C17H30N2O2. The second kappa shape index (κ2) is 6.76. The molecule has 1 aliphatic carbocycles. The van der Waals surface area contributed by atoms with Crippen LogP contribution in [0.25, 0.3) is 0 Å². The van der Waals surface area contributed by atoms with Gasteiger partial charge in [-0.05, 0) is 31.2 Å². The summed E-state index contributed by atoms with van der Waals surface area (Å²) in [7, 11) is 0. The fourth-order valence-electron chi connectivity index (χ4n) is 4.47. The molecule has 0 aromatic heterocycles. The second-order valence-electron chi connectivity index (χ2n) is 7.45. The highest BCUT2D eigenvalue weighted by Crippen LogP contribution is 2.32. The lowest BCUT2D eigenvalue weighted by Gasteiger charge is -2.35. The Morgan fingerprint density at radius 2 is 1.95 bits per heavy atom. The van der Waals surface area contributed by atoms with Gasteiger partial charge in [0.05, 0.1) is 13.2 Å². The van der Waals surface area contributed by atoms with E-state index in [9.17, 15) is 4.79 Å². The monoisotopic (exact) mass is 294 g/mol. The first-order valence-corrected chi connectivity index (χ1v) is 8.70. The van der Waals surface area contributed by atoms with Crippen molar-refractivity contribution in [1.82, 2.24) is 9.80 Å². The summed E-state index contributed by atoms with van der Waals surface area (Å²) < 4.78 is 5.45. The smallest absolute Gasteiger partial charge is 0.137 e. The van der Waals surface area contributed by atoms with Crippen LogP contribution in [0, 0.1) is 17.8 Å². The van der Waals surface area contributed by atoms with Crippen molar-refractivity contribution >= 4 is 5.78 Å². The maximum absolute atomic E-state index is 12.3. The van der Waals surface area contributed by atoms with E-state index in [1.54, 1.807) is 0 Å².